The smallest absolute Gasteiger partial charge is 0.243 e. The van der Waals surface area contributed by atoms with Gasteiger partial charge in [-0.2, -0.15) is 9.29 Å². The fourth-order valence-electron chi connectivity index (χ4n) is 2.63. The predicted octanol–water partition coefficient (Wildman–Crippen LogP) is 2.29. The van der Waals surface area contributed by atoms with Crippen molar-refractivity contribution in [3.8, 4) is 0 Å². The molecule has 0 aliphatic carbocycles. The predicted molar refractivity (Wildman–Crippen MR) is 76.0 cm³/mol. The van der Waals surface area contributed by atoms with E-state index in [1.54, 1.807) is 37.3 Å². The minimum Gasteiger partial charge on any atom is -0.340 e. The van der Waals surface area contributed by atoms with Crippen molar-refractivity contribution in [1.82, 2.24) is 14.4 Å². The van der Waals surface area contributed by atoms with Gasteiger partial charge in [-0.3, -0.25) is 0 Å². The summed E-state index contributed by atoms with van der Waals surface area (Å²) >= 11 is 0. The number of hydrogen-bond donors (Lipinski definition) is 0. The highest BCUT2D eigenvalue weighted by Gasteiger charge is 2.36. The van der Waals surface area contributed by atoms with E-state index >= 15 is 0 Å². The van der Waals surface area contributed by atoms with Crippen molar-refractivity contribution in [2.45, 2.75) is 37.1 Å². The summed E-state index contributed by atoms with van der Waals surface area (Å²) in [6.07, 6.45) is 2.52. The summed E-state index contributed by atoms with van der Waals surface area (Å²) in [7, 11) is -3.54. The monoisotopic (exact) mass is 307 g/mol. The molecule has 0 N–H and O–H groups in total. The van der Waals surface area contributed by atoms with Crippen LogP contribution in [0.3, 0.4) is 0 Å². The second-order valence-corrected chi connectivity index (χ2v) is 7.00. The Kier molecular flexibility index (Phi) is 3.77. The maximum absolute atomic E-state index is 12.8. The zero-order chi connectivity index (χ0) is 14.9. The largest absolute Gasteiger partial charge is 0.340 e. The molecule has 1 atom stereocenters. The Morgan fingerprint density at radius 3 is 2.67 bits per heavy atom. The molecule has 0 radical (unpaired) electrons. The molecular formula is C14H17N3O3S. The van der Waals surface area contributed by atoms with Crippen LogP contribution in [0.4, 0.5) is 0 Å². The summed E-state index contributed by atoms with van der Waals surface area (Å²) in [5, 5.41) is 3.90. The molecular weight excluding hydrogens is 290 g/mol. The number of piperidine rings is 1. The summed E-state index contributed by atoms with van der Waals surface area (Å²) in [4.78, 5) is 4.51. The lowest BCUT2D eigenvalue weighted by Crippen LogP contribution is -2.38. The summed E-state index contributed by atoms with van der Waals surface area (Å²) in [5.41, 5.74) is 0. The molecule has 0 spiro atoms. The van der Waals surface area contributed by atoms with Crippen LogP contribution in [0, 0.1) is 6.92 Å². The van der Waals surface area contributed by atoms with Crippen LogP contribution in [0.25, 0.3) is 0 Å². The topological polar surface area (TPSA) is 76.3 Å². The Morgan fingerprint density at radius 2 is 2.00 bits per heavy atom. The van der Waals surface area contributed by atoms with Crippen LogP contribution >= 0.6 is 0 Å². The number of rotatable bonds is 3. The van der Waals surface area contributed by atoms with Gasteiger partial charge in [0, 0.05) is 13.5 Å². The molecule has 3 rings (SSSR count). The van der Waals surface area contributed by atoms with Gasteiger partial charge in [0.2, 0.25) is 15.9 Å². The van der Waals surface area contributed by atoms with E-state index in [1.165, 1.54) is 4.31 Å². The lowest BCUT2D eigenvalue weighted by atomic mass is 10.0. The third-order valence-electron chi connectivity index (χ3n) is 3.64. The van der Waals surface area contributed by atoms with Crippen molar-refractivity contribution in [3.05, 3.63) is 42.0 Å². The Hall–Kier alpha value is -1.73. The van der Waals surface area contributed by atoms with Crippen molar-refractivity contribution in [1.29, 1.82) is 0 Å². The highest BCUT2D eigenvalue weighted by molar-refractivity contribution is 7.89. The molecule has 1 unspecified atom stereocenters. The van der Waals surface area contributed by atoms with Gasteiger partial charge in [-0.25, -0.2) is 8.42 Å². The van der Waals surface area contributed by atoms with Gasteiger partial charge in [0.25, 0.3) is 0 Å². The van der Waals surface area contributed by atoms with Crippen LogP contribution in [-0.2, 0) is 10.0 Å². The summed E-state index contributed by atoms with van der Waals surface area (Å²) in [6.45, 7) is 2.19. The summed E-state index contributed by atoms with van der Waals surface area (Å²) < 4.78 is 32.1. The molecule has 2 heterocycles. The number of aromatic nitrogens is 2. The van der Waals surface area contributed by atoms with Gasteiger partial charge in [-0.1, -0.05) is 29.8 Å². The van der Waals surface area contributed by atoms with Crippen LogP contribution in [0.2, 0.25) is 0 Å². The Labute approximate surface area is 123 Å². The van der Waals surface area contributed by atoms with Gasteiger partial charge < -0.3 is 4.52 Å². The fourth-order valence-corrected chi connectivity index (χ4v) is 4.30. The Balaban J connectivity index is 1.98. The minimum absolute atomic E-state index is 0.303. The van der Waals surface area contributed by atoms with Gasteiger partial charge in [0.05, 0.1) is 10.9 Å². The second kappa shape index (κ2) is 5.57. The molecule has 2 aromatic rings. The molecule has 1 fully saturated rings. The molecule has 0 bridgehead atoms. The summed E-state index contributed by atoms with van der Waals surface area (Å²) in [6, 6.07) is 8.14. The third kappa shape index (κ3) is 2.71. The van der Waals surface area contributed by atoms with Crippen molar-refractivity contribution < 1.29 is 12.9 Å². The highest BCUT2D eigenvalue weighted by Crippen LogP contribution is 2.33. The zero-order valence-electron chi connectivity index (χ0n) is 11.8. The van der Waals surface area contributed by atoms with Crippen molar-refractivity contribution in [2.24, 2.45) is 0 Å². The molecule has 1 saturated heterocycles. The maximum Gasteiger partial charge on any atom is 0.243 e. The number of benzene rings is 1. The lowest BCUT2D eigenvalue weighted by molar-refractivity contribution is 0.240. The first-order chi connectivity index (χ1) is 10.1. The molecule has 0 amide bonds. The van der Waals surface area contributed by atoms with E-state index in [0.29, 0.717) is 29.6 Å². The van der Waals surface area contributed by atoms with Gasteiger partial charge in [0.1, 0.15) is 0 Å². The van der Waals surface area contributed by atoms with Crippen LogP contribution in [0.1, 0.15) is 37.0 Å². The second-order valence-electron chi connectivity index (χ2n) is 5.11. The van der Waals surface area contributed by atoms with E-state index in [2.05, 4.69) is 10.1 Å². The zero-order valence-corrected chi connectivity index (χ0v) is 12.6. The molecule has 1 aromatic heterocycles. The van der Waals surface area contributed by atoms with Gasteiger partial charge >= 0.3 is 0 Å². The average molecular weight is 307 g/mol. The van der Waals surface area contributed by atoms with Gasteiger partial charge in [-0.05, 0) is 25.0 Å². The first kappa shape index (κ1) is 14.2. The number of aryl methyl sites for hydroxylation is 1. The van der Waals surface area contributed by atoms with Crippen LogP contribution in [-0.4, -0.2) is 29.4 Å². The van der Waals surface area contributed by atoms with Crippen LogP contribution < -0.4 is 0 Å². The molecule has 1 aliphatic rings. The van der Waals surface area contributed by atoms with Crippen molar-refractivity contribution in [3.63, 3.8) is 0 Å². The van der Waals surface area contributed by atoms with E-state index in [4.69, 9.17) is 4.52 Å². The molecule has 112 valence electrons. The van der Waals surface area contributed by atoms with Crippen molar-refractivity contribution >= 4 is 10.0 Å². The molecule has 1 aromatic carbocycles. The normalized spacial score (nSPS) is 20.5. The number of nitrogens with zero attached hydrogens (tertiary/aromatic N) is 3. The molecule has 0 saturated carbocycles. The Morgan fingerprint density at radius 1 is 1.24 bits per heavy atom. The van der Waals surface area contributed by atoms with E-state index in [9.17, 15) is 8.42 Å². The van der Waals surface area contributed by atoms with Crippen molar-refractivity contribution in [2.75, 3.05) is 6.54 Å². The highest BCUT2D eigenvalue weighted by atomic mass is 32.2. The van der Waals surface area contributed by atoms with Gasteiger partial charge in [-0.15, -0.1) is 0 Å². The standard InChI is InChI=1S/C14H17N3O3S/c1-11-15-14(16-20-11)13-9-5-6-10-17(13)21(18,19)12-7-3-2-4-8-12/h2-4,7-8,13H,5-6,9-10H2,1H3. The average Bonchev–Trinajstić information content (AvgIpc) is 2.95. The third-order valence-corrected chi connectivity index (χ3v) is 5.57. The van der Waals surface area contributed by atoms with Gasteiger partial charge in [0.15, 0.2) is 5.82 Å². The molecule has 21 heavy (non-hydrogen) atoms. The van der Waals surface area contributed by atoms with E-state index in [-0.39, 0.29) is 6.04 Å². The van der Waals surface area contributed by atoms with Crippen LogP contribution in [0.5, 0.6) is 0 Å². The minimum atomic E-state index is -3.54. The number of sulfonamides is 1. The summed E-state index contributed by atoms with van der Waals surface area (Å²) in [5.74, 6) is 0.902. The first-order valence-electron chi connectivity index (χ1n) is 6.96. The lowest BCUT2D eigenvalue weighted by Gasteiger charge is -2.32. The Bertz CT molecular complexity index is 712. The quantitative estimate of drug-likeness (QED) is 0.869. The molecule has 7 heteroatoms. The van der Waals surface area contributed by atoms with E-state index < -0.39 is 10.0 Å². The van der Waals surface area contributed by atoms with E-state index in [0.717, 1.165) is 12.8 Å². The van der Waals surface area contributed by atoms with Crippen LogP contribution in [0.15, 0.2) is 39.8 Å². The molecule has 1 aliphatic heterocycles. The number of hydrogen-bond acceptors (Lipinski definition) is 5. The first-order valence-corrected chi connectivity index (χ1v) is 8.40. The maximum atomic E-state index is 12.8. The molecule has 6 nitrogen and oxygen atoms in total. The SMILES string of the molecule is Cc1nc(C2CCCCN2S(=O)(=O)c2ccccc2)no1. The van der Waals surface area contributed by atoms with E-state index in [1.807, 2.05) is 0 Å². The fraction of sp³-hybridized carbons (Fsp3) is 0.429.